The van der Waals surface area contributed by atoms with Crippen molar-refractivity contribution in [2.24, 2.45) is 0 Å². The lowest BCUT2D eigenvalue weighted by Gasteiger charge is -2.29. The lowest BCUT2D eigenvalue weighted by molar-refractivity contribution is -0.134. The zero-order valence-corrected chi connectivity index (χ0v) is 16.5. The van der Waals surface area contributed by atoms with Crippen LogP contribution in [0.5, 0.6) is 0 Å². The van der Waals surface area contributed by atoms with Crippen LogP contribution < -0.4 is 5.56 Å². The van der Waals surface area contributed by atoms with Crippen molar-refractivity contribution >= 4 is 40.2 Å². The van der Waals surface area contributed by atoms with Crippen molar-refractivity contribution in [2.45, 2.75) is 37.2 Å². The number of aromatic nitrogens is 2. The summed E-state index contributed by atoms with van der Waals surface area (Å²) in [6, 6.07) is 5.09. The van der Waals surface area contributed by atoms with Crippen LogP contribution in [0.4, 0.5) is 0 Å². The number of hydrogen-bond acceptors (Lipinski definition) is 5. The van der Waals surface area contributed by atoms with Gasteiger partial charge in [-0.2, -0.15) is 0 Å². The van der Waals surface area contributed by atoms with Crippen LogP contribution in [0.1, 0.15) is 20.3 Å². The number of fused-ring (bicyclic) bond motifs is 1. The first kappa shape index (κ1) is 19.2. The highest BCUT2D eigenvalue weighted by Crippen LogP contribution is 2.25. The molecule has 3 rings (SSSR count). The molecule has 0 bridgehead atoms. The van der Waals surface area contributed by atoms with Gasteiger partial charge in [0.1, 0.15) is 0 Å². The molecule has 1 aromatic heterocycles. The topological polar surface area (TPSA) is 64.4 Å². The first-order valence-corrected chi connectivity index (χ1v) is 10.00. The molecule has 1 aliphatic rings. The van der Waals surface area contributed by atoms with E-state index in [-0.39, 0.29) is 16.7 Å². The normalized spacial score (nSPS) is 16.0. The van der Waals surface area contributed by atoms with Crippen LogP contribution in [0.15, 0.2) is 28.2 Å². The van der Waals surface area contributed by atoms with E-state index in [1.54, 1.807) is 27.7 Å². The summed E-state index contributed by atoms with van der Waals surface area (Å²) in [5, 5.41) is 1.30. The van der Waals surface area contributed by atoms with Gasteiger partial charge in [-0.3, -0.25) is 14.2 Å². The van der Waals surface area contributed by atoms with Gasteiger partial charge in [0, 0.05) is 24.7 Å². The van der Waals surface area contributed by atoms with Crippen LogP contribution in [-0.4, -0.2) is 51.9 Å². The molecule has 0 aliphatic carbocycles. The summed E-state index contributed by atoms with van der Waals surface area (Å²) >= 11 is 7.38. The molecule has 1 saturated heterocycles. The van der Waals surface area contributed by atoms with E-state index in [1.165, 1.54) is 11.8 Å². The van der Waals surface area contributed by atoms with Crippen molar-refractivity contribution in [3.8, 4) is 0 Å². The number of rotatable bonds is 5. The third-order valence-electron chi connectivity index (χ3n) is 4.28. The Labute approximate surface area is 161 Å². The molecule has 1 aromatic carbocycles. The van der Waals surface area contributed by atoms with Gasteiger partial charge in [0.2, 0.25) is 5.91 Å². The molecule has 0 spiro atoms. The van der Waals surface area contributed by atoms with Crippen LogP contribution in [0, 0.1) is 0 Å². The van der Waals surface area contributed by atoms with Gasteiger partial charge >= 0.3 is 0 Å². The fraction of sp³-hybridized carbons (Fsp3) is 0.500. The Kier molecular flexibility index (Phi) is 6.21. The van der Waals surface area contributed by atoms with E-state index in [0.29, 0.717) is 53.9 Å². The zero-order valence-electron chi connectivity index (χ0n) is 14.9. The summed E-state index contributed by atoms with van der Waals surface area (Å²) in [6.45, 7) is 6.76. The number of nitrogens with zero attached hydrogens (tertiary/aromatic N) is 3. The van der Waals surface area contributed by atoms with Gasteiger partial charge < -0.3 is 9.64 Å². The average Bonchev–Trinajstić information content (AvgIpc) is 2.64. The minimum atomic E-state index is -0.334. The molecule has 0 saturated carbocycles. The molecule has 6 nitrogen and oxygen atoms in total. The second kappa shape index (κ2) is 8.41. The predicted octanol–water partition coefficient (Wildman–Crippen LogP) is 2.80. The molecular weight excluding hydrogens is 374 g/mol. The van der Waals surface area contributed by atoms with Crippen molar-refractivity contribution in [3.63, 3.8) is 0 Å². The van der Waals surface area contributed by atoms with Gasteiger partial charge in [-0.25, -0.2) is 4.98 Å². The number of benzene rings is 1. The molecular formula is C18H22ClN3O3S. The van der Waals surface area contributed by atoms with E-state index in [0.717, 1.165) is 6.42 Å². The molecule has 1 unspecified atom stereocenters. The molecule has 1 atom stereocenters. The maximum atomic E-state index is 12.9. The highest BCUT2D eigenvalue weighted by molar-refractivity contribution is 8.00. The number of carbonyl (C=O) groups is 1. The fourth-order valence-corrected chi connectivity index (χ4v) is 4.12. The van der Waals surface area contributed by atoms with Gasteiger partial charge in [-0.1, -0.05) is 30.3 Å². The minimum Gasteiger partial charge on any atom is -0.378 e. The third kappa shape index (κ3) is 4.05. The summed E-state index contributed by atoms with van der Waals surface area (Å²) in [5.74, 6) is 0.0433. The Hall–Kier alpha value is -1.57. The minimum absolute atomic E-state index is 0.0433. The zero-order chi connectivity index (χ0) is 18.7. The Balaban J connectivity index is 1.93. The SMILES string of the molecule is CCCn1c(SC(C)C(=O)N2CCOCC2)nc2cc(Cl)ccc2c1=O. The van der Waals surface area contributed by atoms with Crippen LogP contribution in [0.3, 0.4) is 0 Å². The molecule has 8 heteroatoms. The van der Waals surface area contributed by atoms with Crippen LogP contribution >= 0.6 is 23.4 Å². The van der Waals surface area contributed by atoms with E-state index in [1.807, 2.05) is 13.8 Å². The largest absolute Gasteiger partial charge is 0.378 e. The maximum Gasteiger partial charge on any atom is 0.262 e. The highest BCUT2D eigenvalue weighted by Gasteiger charge is 2.25. The smallest absolute Gasteiger partial charge is 0.262 e. The Morgan fingerprint density at radius 2 is 2.12 bits per heavy atom. The van der Waals surface area contributed by atoms with E-state index in [9.17, 15) is 9.59 Å². The molecule has 0 N–H and O–H groups in total. The second-order valence-corrected chi connectivity index (χ2v) is 7.95. The van der Waals surface area contributed by atoms with Gasteiger partial charge in [-0.05, 0) is 31.5 Å². The van der Waals surface area contributed by atoms with Crippen LogP contribution in [0.2, 0.25) is 5.02 Å². The third-order valence-corrected chi connectivity index (χ3v) is 5.60. The number of hydrogen-bond donors (Lipinski definition) is 0. The van der Waals surface area contributed by atoms with E-state index in [4.69, 9.17) is 16.3 Å². The lowest BCUT2D eigenvalue weighted by atomic mass is 10.2. The second-order valence-electron chi connectivity index (χ2n) is 6.21. The van der Waals surface area contributed by atoms with Crippen molar-refractivity contribution in [3.05, 3.63) is 33.6 Å². The van der Waals surface area contributed by atoms with Crippen molar-refractivity contribution in [1.29, 1.82) is 0 Å². The predicted molar refractivity (Wildman–Crippen MR) is 104 cm³/mol. The number of thioether (sulfide) groups is 1. The number of halogens is 1. The number of amides is 1. The summed E-state index contributed by atoms with van der Waals surface area (Å²) in [7, 11) is 0. The number of morpholine rings is 1. The van der Waals surface area contributed by atoms with Crippen molar-refractivity contribution in [2.75, 3.05) is 26.3 Å². The monoisotopic (exact) mass is 395 g/mol. The molecule has 0 radical (unpaired) electrons. The average molecular weight is 396 g/mol. The lowest BCUT2D eigenvalue weighted by Crippen LogP contribution is -2.44. The molecule has 1 amide bonds. The molecule has 2 heterocycles. The van der Waals surface area contributed by atoms with E-state index in [2.05, 4.69) is 4.98 Å². The van der Waals surface area contributed by atoms with Crippen LogP contribution in [0.25, 0.3) is 10.9 Å². The Morgan fingerprint density at radius 3 is 2.81 bits per heavy atom. The summed E-state index contributed by atoms with van der Waals surface area (Å²) in [4.78, 5) is 32.0. The number of ether oxygens (including phenoxy) is 1. The quantitative estimate of drug-likeness (QED) is 0.575. The Bertz CT molecular complexity index is 865. The first-order chi connectivity index (χ1) is 12.5. The van der Waals surface area contributed by atoms with Gasteiger partial charge in [0.05, 0.1) is 29.4 Å². The van der Waals surface area contributed by atoms with Gasteiger partial charge in [0.25, 0.3) is 5.56 Å². The standard InChI is InChI=1S/C18H22ClN3O3S/c1-3-6-22-17(24)14-5-4-13(19)11-15(14)20-18(22)26-12(2)16(23)21-7-9-25-10-8-21/h4-5,11-12H,3,6-10H2,1-2H3. The molecule has 1 fully saturated rings. The van der Waals surface area contributed by atoms with E-state index >= 15 is 0 Å². The highest BCUT2D eigenvalue weighted by atomic mass is 35.5. The number of carbonyl (C=O) groups excluding carboxylic acids is 1. The fourth-order valence-electron chi connectivity index (χ4n) is 2.93. The van der Waals surface area contributed by atoms with Gasteiger partial charge in [0.15, 0.2) is 5.16 Å². The summed E-state index contributed by atoms with van der Waals surface area (Å²) < 4.78 is 6.96. The summed E-state index contributed by atoms with van der Waals surface area (Å²) in [5.41, 5.74) is 0.463. The maximum absolute atomic E-state index is 12.9. The van der Waals surface area contributed by atoms with Crippen LogP contribution in [-0.2, 0) is 16.1 Å². The Morgan fingerprint density at radius 1 is 1.38 bits per heavy atom. The van der Waals surface area contributed by atoms with Gasteiger partial charge in [-0.15, -0.1) is 0 Å². The first-order valence-electron chi connectivity index (χ1n) is 8.74. The molecule has 1 aliphatic heterocycles. The summed E-state index contributed by atoms with van der Waals surface area (Å²) in [6.07, 6.45) is 0.806. The van der Waals surface area contributed by atoms with E-state index < -0.39 is 0 Å². The molecule has 2 aromatic rings. The van der Waals surface area contributed by atoms with Crippen molar-refractivity contribution < 1.29 is 9.53 Å². The molecule has 140 valence electrons. The molecule has 26 heavy (non-hydrogen) atoms. The van der Waals surface area contributed by atoms with Crippen molar-refractivity contribution in [1.82, 2.24) is 14.5 Å².